The van der Waals surface area contributed by atoms with Crippen LogP contribution in [0.1, 0.15) is 12.5 Å². The first-order valence-electron chi connectivity index (χ1n) is 7.23. The summed E-state index contributed by atoms with van der Waals surface area (Å²) in [6.45, 7) is 4.12. The molecule has 1 aromatic carbocycles. The number of ether oxygens (including phenoxy) is 1. The van der Waals surface area contributed by atoms with E-state index >= 15 is 0 Å². The van der Waals surface area contributed by atoms with E-state index in [-0.39, 0.29) is 11.3 Å². The predicted octanol–water partition coefficient (Wildman–Crippen LogP) is 1.19. The van der Waals surface area contributed by atoms with Crippen LogP contribution in [-0.2, 0) is 16.0 Å². The van der Waals surface area contributed by atoms with Crippen molar-refractivity contribution in [3.8, 4) is 0 Å². The lowest BCUT2D eigenvalue weighted by Crippen LogP contribution is -2.51. The van der Waals surface area contributed by atoms with Crippen LogP contribution in [0.2, 0.25) is 0 Å². The minimum absolute atomic E-state index is 0.0656. The van der Waals surface area contributed by atoms with E-state index in [1.807, 2.05) is 30.5 Å². The second kappa shape index (κ2) is 5.50. The van der Waals surface area contributed by atoms with Crippen LogP contribution in [-0.4, -0.2) is 36.7 Å². The van der Waals surface area contributed by atoms with Gasteiger partial charge in [-0.25, -0.2) is 0 Å². The van der Waals surface area contributed by atoms with Crippen LogP contribution in [0.4, 0.5) is 0 Å². The summed E-state index contributed by atoms with van der Waals surface area (Å²) in [6, 6.07) is 7.49. The highest BCUT2D eigenvalue weighted by atomic mass is 16.5. The fraction of sp³-hybridized carbons (Fsp3) is 0.438. The molecule has 0 bridgehead atoms. The quantitative estimate of drug-likeness (QED) is 0.773. The van der Waals surface area contributed by atoms with E-state index in [2.05, 4.69) is 17.2 Å². The van der Waals surface area contributed by atoms with E-state index in [0.717, 1.165) is 16.5 Å². The van der Waals surface area contributed by atoms with Crippen LogP contribution in [0.25, 0.3) is 10.9 Å². The van der Waals surface area contributed by atoms with E-state index < -0.39 is 6.04 Å². The van der Waals surface area contributed by atoms with Crippen LogP contribution < -0.4 is 11.1 Å². The number of carbonyl (C=O) groups is 1. The molecule has 5 heteroatoms. The summed E-state index contributed by atoms with van der Waals surface area (Å²) in [4.78, 5) is 15.3. The smallest absolute Gasteiger partial charge is 0.237 e. The lowest BCUT2D eigenvalue weighted by atomic mass is 9.88. The van der Waals surface area contributed by atoms with Crippen molar-refractivity contribution in [3.63, 3.8) is 0 Å². The first kappa shape index (κ1) is 14.1. The number of nitrogens with one attached hydrogen (secondary N) is 2. The highest BCUT2D eigenvalue weighted by Crippen LogP contribution is 2.25. The Balaban J connectivity index is 1.60. The number of aromatic amines is 1. The maximum atomic E-state index is 12.1. The minimum atomic E-state index is -0.534. The van der Waals surface area contributed by atoms with E-state index in [1.165, 1.54) is 0 Å². The second-order valence-corrected chi connectivity index (χ2v) is 6.19. The van der Waals surface area contributed by atoms with Crippen LogP contribution >= 0.6 is 0 Å². The number of hydrogen-bond acceptors (Lipinski definition) is 3. The van der Waals surface area contributed by atoms with Gasteiger partial charge in [-0.3, -0.25) is 4.79 Å². The molecule has 1 aliphatic rings. The maximum Gasteiger partial charge on any atom is 0.237 e. The number of para-hydroxylation sites is 1. The SMILES string of the molecule is CC1(CNC(=O)C(N)Cc2c[nH]c3ccccc23)COC1. The number of fused-ring (bicyclic) bond motifs is 1. The monoisotopic (exact) mass is 287 g/mol. The predicted molar refractivity (Wildman–Crippen MR) is 81.9 cm³/mol. The summed E-state index contributed by atoms with van der Waals surface area (Å²) in [6.07, 6.45) is 2.46. The van der Waals surface area contributed by atoms with Gasteiger partial charge in [0.1, 0.15) is 0 Å². The Morgan fingerprint density at radius 1 is 1.48 bits per heavy atom. The lowest BCUT2D eigenvalue weighted by Gasteiger charge is -2.38. The van der Waals surface area contributed by atoms with Crippen molar-refractivity contribution < 1.29 is 9.53 Å². The molecule has 0 saturated carbocycles. The molecule has 1 saturated heterocycles. The van der Waals surface area contributed by atoms with Crippen molar-refractivity contribution in [2.75, 3.05) is 19.8 Å². The van der Waals surface area contributed by atoms with Gasteiger partial charge in [-0.05, 0) is 18.1 Å². The molecule has 21 heavy (non-hydrogen) atoms. The minimum Gasteiger partial charge on any atom is -0.380 e. The highest BCUT2D eigenvalue weighted by molar-refractivity contribution is 5.86. The maximum absolute atomic E-state index is 12.1. The number of nitrogens with two attached hydrogens (primary N) is 1. The summed E-state index contributed by atoms with van der Waals surface area (Å²) in [5.41, 5.74) is 8.24. The van der Waals surface area contributed by atoms with Gasteiger partial charge in [-0.2, -0.15) is 0 Å². The first-order valence-corrected chi connectivity index (χ1v) is 7.23. The fourth-order valence-electron chi connectivity index (χ4n) is 2.61. The summed E-state index contributed by atoms with van der Waals surface area (Å²) < 4.78 is 5.18. The first-order chi connectivity index (χ1) is 10.1. The van der Waals surface area contributed by atoms with E-state index in [9.17, 15) is 4.79 Å². The zero-order valence-corrected chi connectivity index (χ0v) is 12.2. The second-order valence-electron chi connectivity index (χ2n) is 6.19. The molecule has 112 valence electrons. The molecule has 1 atom stereocenters. The number of carbonyl (C=O) groups excluding carboxylic acids is 1. The van der Waals surface area contributed by atoms with Gasteiger partial charge < -0.3 is 20.8 Å². The van der Waals surface area contributed by atoms with Crippen molar-refractivity contribution in [1.82, 2.24) is 10.3 Å². The highest BCUT2D eigenvalue weighted by Gasteiger charge is 2.34. The number of rotatable bonds is 5. The molecule has 1 aromatic heterocycles. The Kier molecular flexibility index (Phi) is 3.69. The number of benzene rings is 1. The molecule has 2 aromatic rings. The normalized spacial score (nSPS) is 18.2. The van der Waals surface area contributed by atoms with Gasteiger partial charge in [-0.15, -0.1) is 0 Å². The lowest BCUT2D eigenvalue weighted by molar-refractivity contribution is -0.127. The zero-order valence-electron chi connectivity index (χ0n) is 12.2. The van der Waals surface area contributed by atoms with Gasteiger partial charge in [0.25, 0.3) is 0 Å². The molecule has 1 unspecified atom stereocenters. The van der Waals surface area contributed by atoms with Crippen LogP contribution in [0.15, 0.2) is 30.5 Å². The van der Waals surface area contributed by atoms with Gasteiger partial charge in [0.15, 0.2) is 0 Å². The van der Waals surface area contributed by atoms with Crippen molar-refractivity contribution in [3.05, 3.63) is 36.0 Å². The average Bonchev–Trinajstić information content (AvgIpc) is 2.86. The van der Waals surface area contributed by atoms with Gasteiger partial charge in [0.05, 0.1) is 19.3 Å². The number of H-pyrrole nitrogens is 1. The molecule has 3 rings (SSSR count). The fourth-order valence-corrected chi connectivity index (χ4v) is 2.61. The summed E-state index contributed by atoms with van der Waals surface area (Å²) >= 11 is 0. The summed E-state index contributed by atoms with van der Waals surface area (Å²) in [7, 11) is 0. The molecule has 0 aliphatic carbocycles. The number of hydrogen-bond donors (Lipinski definition) is 3. The molecule has 1 amide bonds. The largest absolute Gasteiger partial charge is 0.380 e. The van der Waals surface area contributed by atoms with Gasteiger partial charge in [0, 0.05) is 29.1 Å². The molecular formula is C16H21N3O2. The summed E-state index contributed by atoms with van der Waals surface area (Å²) in [5.74, 6) is -0.103. The Labute approximate surface area is 123 Å². The zero-order chi connectivity index (χ0) is 14.9. The van der Waals surface area contributed by atoms with Crippen molar-refractivity contribution >= 4 is 16.8 Å². The third kappa shape index (κ3) is 2.94. The van der Waals surface area contributed by atoms with Crippen LogP contribution in [0, 0.1) is 5.41 Å². The molecule has 1 aliphatic heterocycles. The third-order valence-electron chi connectivity index (χ3n) is 4.04. The van der Waals surface area contributed by atoms with Crippen LogP contribution in [0.3, 0.4) is 0 Å². The van der Waals surface area contributed by atoms with Crippen LogP contribution in [0.5, 0.6) is 0 Å². The Morgan fingerprint density at radius 3 is 2.95 bits per heavy atom. The van der Waals surface area contributed by atoms with Gasteiger partial charge >= 0.3 is 0 Å². The molecule has 5 nitrogen and oxygen atoms in total. The van der Waals surface area contributed by atoms with E-state index in [1.54, 1.807) is 0 Å². The molecule has 0 radical (unpaired) electrons. The third-order valence-corrected chi connectivity index (χ3v) is 4.04. The van der Waals surface area contributed by atoms with Crippen molar-refractivity contribution in [1.29, 1.82) is 0 Å². The Morgan fingerprint density at radius 2 is 2.24 bits per heavy atom. The molecule has 2 heterocycles. The molecule has 1 fully saturated rings. The Hall–Kier alpha value is -1.85. The standard InChI is InChI=1S/C16H21N3O2/c1-16(9-21-10-16)8-19-15(20)13(17)6-11-7-18-14-5-3-2-4-12(11)14/h2-5,7,13,18H,6,8-10,17H2,1H3,(H,19,20). The van der Waals surface area contributed by atoms with Crippen molar-refractivity contribution in [2.24, 2.45) is 11.1 Å². The summed E-state index contributed by atoms with van der Waals surface area (Å²) in [5, 5.41) is 4.06. The van der Waals surface area contributed by atoms with E-state index in [4.69, 9.17) is 10.5 Å². The Bertz CT molecular complexity index is 646. The topological polar surface area (TPSA) is 80.1 Å². The number of amides is 1. The van der Waals surface area contributed by atoms with Crippen molar-refractivity contribution in [2.45, 2.75) is 19.4 Å². The average molecular weight is 287 g/mol. The van der Waals surface area contributed by atoms with E-state index in [0.29, 0.717) is 26.2 Å². The van der Waals surface area contributed by atoms with Gasteiger partial charge in [0.2, 0.25) is 5.91 Å². The number of aromatic nitrogens is 1. The molecule has 4 N–H and O–H groups in total. The molecule has 0 spiro atoms. The van der Waals surface area contributed by atoms with Gasteiger partial charge in [-0.1, -0.05) is 25.1 Å². The molecular weight excluding hydrogens is 266 g/mol.